The standard InChI is InChI=1S/C24H23F5N2O2/c25-19-20(26)22(28)24(23(29)21(19)27)33-13-16(32)12-31-10-8-15(9-11-31)30-18-7-3-5-14-4-1-2-6-17(14)18/h1-7,15-16,30,32H,8-13H2. The van der Waals surface area contributed by atoms with Crippen LogP contribution in [0.4, 0.5) is 27.6 Å². The first kappa shape index (κ1) is 23.3. The van der Waals surface area contributed by atoms with Crippen molar-refractivity contribution in [1.29, 1.82) is 0 Å². The van der Waals surface area contributed by atoms with Crippen molar-refractivity contribution in [2.75, 3.05) is 31.6 Å². The summed E-state index contributed by atoms with van der Waals surface area (Å²) in [5, 5.41) is 16.0. The number of nitrogens with one attached hydrogen (secondary N) is 1. The molecular formula is C24H23F5N2O2. The minimum absolute atomic E-state index is 0.149. The van der Waals surface area contributed by atoms with E-state index in [1.165, 1.54) is 0 Å². The van der Waals surface area contributed by atoms with Crippen molar-refractivity contribution in [3.63, 3.8) is 0 Å². The molecule has 9 heteroatoms. The van der Waals surface area contributed by atoms with E-state index in [9.17, 15) is 27.1 Å². The third kappa shape index (κ3) is 5.04. The van der Waals surface area contributed by atoms with Crippen LogP contribution in [0.1, 0.15) is 12.8 Å². The second-order valence-corrected chi connectivity index (χ2v) is 8.11. The van der Waals surface area contributed by atoms with E-state index in [1.54, 1.807) is 0 Å². The number of halogens is 5. The molecule has 0 radical (unpaired) electrons. The maximum absolute atomic E-state index is 13.7. The average Bonchev–Trinajstić information content (AvgIpc) is 2.83. The third-order valence-corrected chi connectivity index (χ3v) is 5.80. The van der Waals surface area contributed by atoms with Crippen LogP contribution in [-0.4, -0.2) is 48.4 Å². The molecule has 33 heavy (non-hydrogen) atoms. The Morgan fingerprint density at radius 2 is 1.48 bits per heavy atom. The molecule has 1 heterocycles. The molecule has 1 aliphatic rings. The number of aliphatic hydroxyl groups excluding tert-OH is 1. The molecule has 4 rings (SSSR count). The van der Waals surface area contributed by atoms with E-state index in [-0.39, 0.29) is 12.6 Å². The highest BCUT2D eigenvalue weighted by atomic mass is 19.2. The Morgan fingerprint density at radius 3 is 2.18 bits per heavy atom. The lowest BCUT2D eigenvalue weighted by Gasteiger charge is -2.34. The molecule has 3 aromatic carbocycles. The summed E-state index contributed by atoms with van der Waals surface area (Å²) in [5.41, 5.74) is 1.06. The minimum Gasteiger partial charge on any atom is -0.485 e. The first-order valence-electron chi connectivity index (χ1n) is 10.6. The van der Waals surface area contributed by atoms with Crippen LogP contribution in [0.15, 0.2) is 42.5 Å². The molecule has 2 N–H and O–H groups in total. The summed E-state index contributed by atoms with van der Waals surface area (Å²) in [6.07, 6.45) is 0.464. The normalized spacial score (nSPS) is 16.2. The lowest BCUT2D eigenvalue weighted by atomic mass is 10.0. The van der Waals surface area contributed by atoms with Crippen molar-refractivity contribution >= 4 is 16.5 Å². The van der Waals surface area contributed by atoms with Crippen LogP contribution in [0.5, 0.6) is 5.75 Å². The number of β-amino-alcohol motifs (C(OH)–C–C–N with tert-alkyl or cyclic N) is 1. The number of fused-ring (bicyclic) bond motifs is 1. The van der Waals surface area contributed by atoms with Crippen molar-refractivity contribution in [2.24, 2.45) is 0 Å². The van der Waals surface area contributed by atoms with Gasteiger partial charge in [-0.1, -0.05) is 36.4 Å². The van der Waals surface area contributed by atoms with Gasteiger partial charge in [0.2, 0.25) is 29.1 Å². The van der Waals surface area contributed by atoms with Crippen molar-refractivity contribution in [3.05, 3.63) is 71.6 Å². The lowest BCUT2D eigenvalue weighted by molar-refractivity contribution is 0.0571. The second kappa shape index (κ2) is 9.93. The van der Waals surface area contributed by atoms with Crippen LogP contribution in [-0.2, 0) is 0 Å². The predicted octanol–water partition coefficient (Wildman–Crippen LogP) is 4.85. The molecule has 0 bridgehead atoms. The smallest absolute Gasteiger partial charge is 0.206 e. The molecule has 1 saturated heterocycles. The topological polar surface area (TPSA) is 44.7 Å². The van der Waals surface area contributed by atoms with Gasteiger partial charge >= 0.3 is 0 Å². The highest BCUT2D eigenvalue weighted by Gasteiger charge is 2.28. The van der Waals surface area contributed by atoms with Gasteiger partial charge in [-0.05, 0) is 24.3 Å². The lowest BCUT2D eigenvalue weighted by Crippen LogP contribution is -2.43. The fraction of sp³-hybridized carbons (Fsp3) is 0.333. The van der Waals surface area contributed by atoms with Crippen molar-refractivity contribution in [1.82, 2.24) is 4.90 Å². The van der Waals surface area contributed by atoms with Crippen molar-refractivity contribution in [3.8, 4) is 5.75 Å². The van der Waals surface area contributed by atoms with Gasteiger partial charge in [0.15, 0.2) is 5.75 Å². The van der Waals surface area contributed by atoms with Crippen LogP contribution >= 0.6 is 0 Å². The highest BCUT2D eigenvalue weighted by molar-refractivity contribution is 5.93. The van der Waals surface area contributed by atoms with Gasteiger partial charge in [-0.25, -0.2) is 13.2 Å². The zero-order valence-electron chi connectivity index (χ0n) is 17.6. The summed E-state index contributed by atoms with van der Waals surface area (Å²) in [4.78, 5) is 1.97. The fourth-order valence-corrected chi connectivity index (χ4v) is 4.07. The number of piperidine rings is 1. The van der Waals surface area contributed by atoms with Gasteiger partial charge in [0, 0.05) is 36.7 Å². The third-order valence-electron chi connectivity index (χ3n) is 5.80. The number of rotatable bonds is 7. The minimum atomic E-state index is -2.25. The molecule has 0 saturated carbocycles. The molecular weight excluding hydrogens is 443 g/mol. The van der Waals surface area contributed by atoms with E-state index in [0.717, 1.165) is 29.3 Å². The van der Waals surface area contributed by atoms with E-state index in [1.807, 2.05) is 29.2 Å². The largest absolute Gasteiger partial charge is 0.485 e. The SMILES string of the molecule is OC(COc1c(F)c(F)c(F)c(F)c1F)CN1CCC(Nc2cccc3ccccc23)CC1. The first-order chi connectivity index (χ1) is 15.8. The van der Waals surface area contributed by atoms with Crippen LogP contribution in [0, 0.1) is 29.1 Å². The van der Waals surface area contributed by atoms with Gasteiger partial charge in [0.05, 0.1) is 0 Å². The maximum atomic E-state index is 13.7. The Balaban J connectivity index is 1.28. The predicted molar refractivity (Wildman–Crippen MR) is 115 cm³/mol. The molecule has 0 amide bonds. The number of nitrogens with zero attached hydrogens (tertiary/aromatic N) is 1. The summed E-state index contributed by atoms with van der Waals surface area (Å²) in [6.45, 7) is 0.882. The second-order valence-electron chi connectivity index (χ2n) is 8.11. The van der Waals surface area contributed by atoms with Gasteiger partial charge in [0.1, 0.15) is 12.7 Å². The zero-order chi connectivity index (χ0) is 23.5. The van der Waals surface area contributed by atoms with Crippen molar-refractivity contribution < 1.29 is 31.8 Å². The van der Waals surface area contributed by atoms with Crippen LogP contribution < -0.4 is 10.1 Å². The molecule has 0 spiro atoms. The molecule has 3 aromatic rings. The molecule has 4 nitrogen and oxygen atoms in total. The van der Waals surface area contributed by atoms with E-state index < -0.39 is 47.5 Å². The van der Waals surface area contributed by atoms with E-state index in [4.69, 9.17) is 4.74 Å². The van der Waals surface area contributed by atoms with Gasteiger partial charge in [-0.15, -0.1) is 0 Å². The quantitative estimate of drug-likeness (QED) is 0.297. The number of anilines is 1. The van der Waals surface area contributed by atoms with E-state index in [2.05, 4.69) is 23.5 Å². The number of ether oxygens (including phenoxy) is 1. The van der Waals surface area contributed by atoms with Crippen LogP contribution in [0.2, 0.25) is 0 Å². The molecule has 0 aliphatic carbocycles. The van der Waals surface area contributed by atoms with Gasteiger partial charge in [-0.3, -0.25) is 0 Å². The van der Waals surface area contributed by atoms with Gasteiger partial charge < -0.3 is 20.1 Å². The molecule has 1 aliphatic heterocycles. The Bertz CT molecular complexity index is 1100. The maximum Gasteiger partial charge on any atom is 0.206 e. The molecule has 1 unspecified atom stereocenters. The molecule has 176 valence electrons. The van der Waals surface area contributed by atoms with E-state index >= 15 is 0 Å². The molecule has 0 aromatic heterocycles. The van der Waals surface area contributed by atoms with Gasteiger partial charge in [0.25, 0.3) is 0 Å². The zero-order valence-corrected chi connectivity index (χ0v) is 17.6. The van der Waals surface area contributed by atoms with Gasteiger partial charge in [-0.2, -0.15) is 8.78 Å². The fourth-order valence-electron chi connectivity index (χ4n) is 4.07. The summed E-state index contributed by atoms with van der Waals surface area (Å²) < 4.78 is 71.7. The average molecular weight is 466 g/mol. The molecule has 1 atom stereocenters. The molecule has 1 fully saturated rings. The monoisotopic (exact) mass is 466 g/mol. The summed E-state index contributed by atoms with van der Waals surface area (Å²) in [6, 6.07) is 14.4. The number of likely N-dealkylation sites (tertiary alicyclic amines) is 1. The first-order valence-corrected chi connectivity index (χ1v) is 10.6. The van der Waals surface area contributed by atoms with E-state index in [0.29, 0.717) is 13.1 Å². The Morgan fingerprint density at radius 1 is 0.879 bits per heavy atom. The Hall–Kier alpha value is -2.91. The Labute approximate surface area is 187 Å². The number of hydrogen-bond acceptors (Lipinski definition) is 4. The van der Waals surface area contributed by atoms with Crippen LogP contribution in [0.3, 0.4) is 0 Å². The van der Waals surface area contributed by atoms with Crippen molar-refractivity contribution in [2.45, 2.75) is 25.0 Å². The summed E-state index contributed by atoms with van der Waals surface area (Å²) in [7, 11) is 0. The summed E-state index contributed by atoms with van der Waals surface area (Å²) in [5.74, 6) is -11.9. The summed E-state index contributed by atoms with van der Waals surface area (Å²) >= 11 is 0. The number of aliphatic hydroxyl groups is 1. The van der Waals surface area contributed by atoms with Crippen LogP contribution in [0.25, 0.3) is 10.8 Å². The highest BCUT2D eigenvalue weighted by Crippen LogP contribution is 2.29. The number of hydrogen-bond donors (Lipinski definition) is 2. The number of benzene rings is 3. The Kier molecular flexibility index (Phi) is 6.99.